The van der Waals surface area contributed by atoms with Crippen LogP contribution in [0.15, 0.2) is 6.20 Å². The Kier molecular flexibility index (Phi) is 5.19. The Morgan fingerprint density at radius 1 is 1.57 bits per heavy atom. The predicted octanol–water partition coefficient (Wildman–Crippen LogP) is 1.30. The minimum atomic E-state index is -0.852. The molecule has 2 amide bonds. The van der Waals surface area contributed by atoms with Gasteiger partial charge in [0.25, 0.3) is 0 Å². The molecule has 0 spiro atoms. The summed E-state index contributed by atoms with van der Waals surface area (Å²) < 4.78 is 0. The minimum absolute atomic E-state index is 0.0294. The zero-order valence-corrected chi connectivity index (χ0v) is 12.3. The van der Waals surface area contributed by atoms with Gasteiger partial charge in [-0.2, -0.15) is 5.10 Å². The van der Waals surface area contributed by atoms with E-state index in [0.717, 1.165) is 36.9 Å². The number of aromatic nitrogens is 2. The van der Waals surface area contributed by atoms with E-state index in [1.165, 1.54) is 0 Å². The maximum Gasteiger partial charge on any atom is 0.317 e. The van der Waals surface area contributed by atoms with Gasteiger partial charge in [0.05, 0.1) is 12.6 Å². The first-order chi connectivity index (χ1) is 10.1. The number of likely N-dealkylation sites (tertiary alicyclic amines) is 1. The highest BCUT2D eigenvalue weighted by molar-refractivity contribution is 5.76. The van der Waals surface area contributed by atoms with Gasteiger partial charge in [0.2, 0.25) is 0 Å². The molecule has 2 heterocycles. The van der Waals surface area contributed by atoms with Gasteiger partial charge < -0.3 is 15.3 Å². The van der Waals surface area contributed by atoms with Crippen molar-refractivity contribution in [2.24, 2.45) is 0 Å². The van der Waals surface area contributed by atoms with E-state index in [1.807, 2.05) is 6.92 Å². The molecule has 2 rings (SSSR count). The van der Waals surface area contributed by atoms with Gasteiger partial charge in [-0.3, -0.25) is 9.89 Å². The topological polar surface area (TPSA) is 98.3 Å². The molecule has 1 unspecified atom stereocenters. The predicted molar refractivity (Wildman–Crippen MR) is 77.0 cm³/mol. The standard InChI is InChI=1S/C14H22N4O3/c1-10-11(9-16-17-10)4-2-6-15-14(21)18-7-3-5-12(18)8-13(19)20/h9,12H,2-8H2,1H3,(H,15,21)(H,16,17)(H,19,20). The molecule has 1 atom stereocenters. The van der Waals surface area contributed by atoms with Crippen molar-refractivity contribution < 1.29 is 14.7 Å². The molecule has 7 nitrogen and oxygen atoms in total. The van der Waals surface area contributed by atoms with Crippen LogP contribution in [0, 0.1) is 6.92 Å². The number of nitrogens with one attached hydrogen (secondary N) is 2. The summed E-state index contributed by atoms with van der Waals surface area (Å²) in [4.78, 5) is 24.5. The second-order valence-corrected chi connectivity index (χ2v) is 5.44. The molecule has 1 aliphatic heterocycles. The fourth-order valence-corrected chi connectivity index (χ4v) is 2.72. The maximum atomic E-state index is 12.1. The average Bonchev–Trinajstić information content (AvgIpc) is 3.03. The maximum absolute atomic E-state index is 12.1. The number of aryl methyl sites for hydroxylation is 2. The minimum Gasteiger partial charge on any atom is -0.481 e. The third-order valence-corrected chi connectivity index (χ3v) is 3.88. The van der Waals surface area contributed by atoms with Crippen molar-refractivity contribution >= 4 is 12.0 Å². The highest BCUT2D eigenvalue weighted by Gasteiger charge is 2.29. The van der Waals surface area contributed by atoms with Crippen LogP contribution in [0.5, 0.6) is 0 Å². The number of urea groups is 1. The van der Waals surface area contributed by atoms with Gasteiger partial charge in [0.15, 0.2) is 0 Å². The second-order valence-electron chi connectivity index (χ2n) is 5.44. The highest BCUT2D eigenvalue weighted by Crippen LogP contribution is 2.20. The molecular formula is C14H22N4O3. The summed E-state index contributed by atoms with van der Waals surface area (Å²) >= 11 is 0. The van der Waals surface area contributed by atoms with Crippen LogP contribution in [-0.2, 0) is 11.2 Å². The lowest BCUT2D eigenvalue weighted by molar-refractivity contribution is -0.137. The van der Waals surface area contributed by atoms with Gasteiger partial charge in [-0.1, -0.05) is 0 Å². The first-order valence-corrected chi connectivity index (χ1v) is 7.33. The number of hydrogen-bond donors (Lipinski definition) is 3. The number of rotatable bonds is 6. The van der Waals surface area contributed by atoms with Crippen LogP contribution in [0.3, 0.4) is 0 Å². The number of aliphatic carboxylic acids is 1. The van der Waals surface area contributed by atoms with Crippen molar-refractivity contribution in [2.75, 3.05) is 13.1 Å². The monoisotopic (exact) mass is 294 g/mol. The van der Waals surface area contributed by atoms with Crippen molar-refractivity contribution in [1.29, 1.82) is 0 Å². The lowest BCUT2D eigenvalue weighted by Crippen LogP contribution is -2.43. The molecule has 1 aromatic rings. The largest absolute Gasteiger partial charge is 0.481 e. The fourth-order valence-electron chi connectivity index (χ4n) is 2.72. The van der Waals surface area contributed by atoms with Crippen molar-refractivity contribution in [3.05, 3.63) is 17.5 Å². The number of hydrogen-bond acceptors (Lipinski definition) is 3. The number of H-pyrrole nitrogens is 1. The average molecular weight is 294 g/mol. The van der Waals surface area contributed by atoms with Gasteiger partial charge in [-0.25, -0.2) is 4.79 Å². The molecule has 7 heteroatoms. The van der Waals surface area contributed by atoms with Gasteiger partial charge in [-0.15, -0.1) is 0 Å². The summed E-state index contributed by atoms with van der Waals surface area (Å²) in [7, 11) is 0. The first kappa shape index (κ1) is 15.3. The summed E-state index contributed by atoms with van der Waals surface area (Å²) in [6.45, 7) is 3.20. The molecule has 116 valence electrons. The number of carboxylic acid groups (broad SMARTS) is 1. The highest BCUT2D eigenvalue weighted by atomic mass is 16.4. The van der Waals surface area contributed by atoms with Crippen LogP contribution >= 0.6 is 0 Å². The van der Waals surface area contributed by atoms with E-state index >= 15 is 0 Å². The third kappa shape index (κ3) is 4.21. The van der Waals surface area contributed by atoms with Gasteiger partial charge in [-0.05, 0) is 38.2 Å². The van der Waals surface area contributed by atoms with Crippen LogP contribution in [0.25, 0.3) is 0 Å². The van der Waals surface area contributed by atoms with Crippen LogP contribution in [0.4, 0.5) is 4.79 Å². The van der Waals surface area contributed by atoms with Crippen molar-refractivity contribution in [3.8, 4) is 0 Å². The molecule has 0 saturated carbocycles. The van der Waals surface area contributed by atoms with Crippen molar-refractivity contribution in [3.63, 3.8) is 0 Å². The Morgan fingerprint density at radius 3 is 3.05 bits per heavy atom. The molecule has 1 saturated heterocycles. The second kappa shape index (κ2) is 7.10. The number of carboxylic acids is 1. The van der Waals surface area contributed by atoms with Crippen LogP contribution in [0.1, 0.15) is 36.9 Å². The molecule has 3 N–H and O–H groups in total. The normalized spacial score (nSPS) is 18.0. The Hall–Kier alpha value is -2.05. The number of carbonyl (C=O) groups excluding carboxylic acids is 1. The molecule has 21 heavy (non-hydrogen) atoms. The van der Waals surface area contributed by atoms with E-state index in [2.05, 4.69) is 15.5 Å². The molecular weight excluding hydrogens is 272 g/mol. The van der Waals surface area contributed by atoms with E-state index < -0.39 is 5.97 Å². The number of amides is 2. The molecule has 0 aromatic carbocycles. The molecule has 0 radical (unpaired) electrons. The third-order valence-electron chi connectivity index (χ3n) is 3.88. The lowest BCUT2D eigenvalue weighted by Gasteiger charge is -2.23. The number of nitrogens with zero attached hydrogens (tertiary/aromatic N) is 2. The molecule has 0 aliphatic carbocycles. The quantitative estimate of drug-likeness (QED) is 0.689. The number of carbonyl (C=O) groups is 2. The number of aromatic amines is 1. The van der Waals surface area contributed by atoms with E-state index in [4.69, 9.17) is 5.11 Å². The van der Waals surface area contributed by atoms with Crippen LogP contribution < -0.4 is 5.32 Å². The van der Waals surface area contributed by atoms with E-state index in [0.29, 0.717) is 13.1 Å². The summed E-state index contributed by atoms with van der Waals surface area (Å²) in [6.07, 6.45) is 5.18. The van der Waals surface area contributed by atoms with Crippen LogP contribution in [-0.4, -0.2) is 51.3 Å². The van der Waals surface area contributed by atoms with E-state index in [-0.39, 0.29) is 18.5 Å². The first-order valence-electron chi connectivity index (χ1n) is 7.33. The summed E-state index contributed by atoms with van der Waals surface area (Å²) in [6, 6.07) is -0.318. The molecule has 1 aromatic heterocycles. The molecule has 1 fully saturated rings. The van der Waals surface area contributed by atoms with E-state index in [9.17, 15) is 9.59 Å². The van der Waals surface area contributed by atoms with Crippen LogP contribution in [0.2, 0.25) is 0 Å². The SMILES string of the molecule is Cc1[nH]ncc1CCCNC(=O)N1CCCC1CC(=O)O. The zero-order chi connectivity index (χ0) is 15.2. The zero-order valence-electron chi connectivity index (χ0n) is 12.3. The lowest BCUT2D eigenvalue weighted by atomic mass is 10.1. The van der Waals surface area contributed by atoms with Gasteiger partial charge in [0.1, 0.15) is 0 Å². The van der Waals surface area contributed by atoms with Gasteiger partial charge in [0, 0.05) is 24.8 Å². The Labute approximate surface area is 123 Å². The van der Waals surface area contributed by atoms with Gasteiger partial charge >= 0.3 is 12.0 Å². The Morgan fingerprint density at radius 2 is 2.38 bits per heavy atom. The Bertz CT molecular complexity index is 500. The summed E-state index contributed by atoms with van der Waals surface area (Å²) in [5, 5.41) is 18.6. The van der Waals surface area contributed by atoms with Crippen molar-refractivity contribution in [1.82, 2.24) is 20.4 Å². The van der Waals surface area contributed by atoms with Crippen molar-refractivity contribution in [2.45, 2.75) is 45.1 Å². The Balaban J connectivity index is 1.71. The molecule has 1 aliphatic rings. The smallest absolute Gasteiger partial charge is 0.317 e. The fraction of sp³-hybridized carbons (Fsp3) is 0.643. The summed E-state index contributed by atoms with van der Waals surface area (Å²) in [5.41, 5.74) is 2.22. The summed E-state index contributed by atoms with van der Waals surface area (Å²) in [5.74, 6) is -0.852. The molecule has 0 bridgehead atoms. The van der Waals surface area contributed by atoms with E-state index in [1.54, 1.807) is 11.1 Å².